The molecule has 6 heteroatoms. The Morgan fingerprint density at radius 2 is 1.67 bits per heavy atom. The van der Waals surface area contributed by atoms with Gasteiger partial charge in [-0.15, -0.1) is 0 Å². The molecule has 2 aliphatic rings. The van der Waals surface area contributed by atoms with Crippen LogP contribution in [0, 0.1) is 16.7 Å². The van der Waals surface area contributed by atoms with Crippen LogP contribution >= 0.6 is 0 Å². The highest BCUT2D eigenvalue weighted by Crippen LogP contribution is 2.66. The molecule has 27 heavy (non-hydrogen) atoms. The van der Waals surface area contributed by atoms with Gasteiger partial charge in [-0.05, 0) is 44.4 Å². The summed E-state index contributed by atoms with van der Waals surface area (Å²) in [4.78, 5) is 36.2. The Morgan fingerprint density at radius 3 is 2.11 bits per heavy atom. The van der Waals surface area contributed by atoms with Gasteiger partial charge >= 0.3 is 17.9 Å². The Morgan fingerprint density at radius 1 is 1.07 bits per heavy atom. The van der Waals surface area contributed by atoms with E-state index in [4.69, 9.17) is 14.2 Å². The lowest BCUT2D eigenvalue weighted by Crippen LogP contribution is -2.42. The molecule has 0 heterocycles. The van der Waals surface area contributed by atoms with E-state index in [-0.39, 0.29) is 28.1 Å². The van der Waals surface area contributed by atoms with Crippen LogP contribution < -0.4 is 0 Å². The second-order valence-corrected chi connectivity index (χ2v) is 8.59. The molecule has 150 valence electrons. The fourth-order valence-corrected chi connectivity index (χ4v) is 4.18. The van der Waals surface area contributed by atoms with Crippen LogP contribution in [-0.4, -0.2) is 36.7 Å². The molecule has 2 aliphatic carbocycles. The number of ether oxygens (including phenoxy) is 3. The molecule has 0 aromatic rings. The zero-order valence-corrected chi connectivity index (χ0v) is 16.9. The first-order valence-electron chi connectivity index (χ1n) is 9.29. The minimum absolute atomic E-state index is 0.0776. The van der Waals surface area contributed by atoms with Crippen molar-refractivity contribution in [2.24, 2.45) is 16.7 Å². The molecule has 1 unspecified atom stereocenters. The van der Waals surface area contributed by atoms with Crippen LogP contribution in [0.1, 0.15) is 53.9 Å². The molecule has 6 nitrogen and oxygen atoms in total. The normalized spacial score (nSPS) is 28.9. The molecule has 0 aliphatic heterocycles. The van der Waals surface area contributed by atoms with Crippen molar-refractivity contribution < 1.29 is 28.6 Å². The number of carbonyl (C=O) groups is 3. The van der Waals surface area contributed by atoms with Gasteiger partial charge in [0.15, 0.2) is 0 Å². The number of fused-ring (bicyclic) bond motifs is 2. The first-order chi connectivity index (χ1) is 12.4. The van der Waals surface area contributed by atoms with Crippen molar-refractivity contribution in [2.75, 3.05) is 6.61 Å². The van der Waals surface area contributed by atoms with Crippen LogP contribution in [0.3, 0.4) is 0 Å². The van der Waals surface area contributed by atoms with E-state index in [2.05, 4.69) is 33.9 Å². The predicted octanol–water partition coefficient (Wildman–Crippen LogP) is 3.35. The van der Waals surface area contributed by atoms with Gasteiger partial charge in [0.25, 0.3) is 0 Å². The minimum atomic E-state index is -1.33. The maximum atomic E-state index is 12.7. The topological polar surface area (TPSA) is 78.9 Å². The summed E-state index contributed by atoms with van der Waals surface area (Å²) < 4.78 is 15.9. The highest BCUT2D eigenvalue weighted by Gasteiger charge is 2.63. The van der Waals surface area contributed by atoms with Gasteiger partial charge in [-0.25, -0.2) is 14.4 Å². The lowest BCUT2D eigenvalue weighted by atomic mass is 9.70. The number of rotatable bonds is 7. The lowest BCUT2D eigenvalue weighted by molar-refractivity contribution is -0.180. The Bertz CT molecular complexity index is 676. The number of hydrogen-bond acceptors (Lipinski definition) is 6. The van der Waals surface area contributed by atoms with E-state index in [9.17, 15) is 14.4 Å². The summed E-state index contributed by atoms with van der Waals surface area (Å²) in [5, 5.41) is 0. The quantitative estimate of drug-likeness (QED) is 0.384. The molecule has 2 saturated carbocycles. The minimum Gasteiger partial charge on any atom is -0.459 e. The Kier molecular flexibility index (Phi) is 5.88. The van der Waals surface area contributed by atoms with Crippen molar-refractivity contribution in [3.63, 3.8) is 0 Å². The summed E-state index contributed by atoms with van der Waals surface area (Å²) in [5.74, 6) is -1.60. The molecule has 0 saturated heterocycles. The number of carbonyl (C=O) groups excluding carboxylic acids is 3. The van der Waals surface area contributed by atoms with E-state index >= 15 is 0 Å². The molecule has 4 atom stereocenters. The molecule has 2 bridgehead atoms. The van der Waals surface area contributed by atoms with E-state index in [1.807, 2.05) is 0 Å². The largest absolute Gasteiger partial charge is 0.459 e. The van der Waals surface area contributed by atoms with Gasteiger partial charge < -0.3 is 14.2 Å². The van der Waals surface area contributed by atoms with Crippen molar-refractivity contribution in [1.82, 2.24) is 0 Å². The van der Waals surface area contributed by atoms with E-state index in [1.54, 1.807) is 0 Å². The smallest absolute Gasteiger partial charge is 0.351 e. The van der Waals surface area contributed by atoms with Gasteiger partial charge in [0.1, 0.15) is 12.7 Å². The van der Waals surface area contributed by atoms with E-state index < -0.39 is 30.6 Å². The van der Waals surface area contributed by atoms with Crippen molar-refractivity contribution in [2.45, 2.75) is 66.1 Å². The molecule has 0 spiro atoms. The Balaban J connectivity index is 2.09. The molecular weight excluding hydrogens is 348 g/mol. The summed E-state index contributed by atoms with van der Waals surface area (Å²) in [6, 6.07) is 0. The van der Waals surface area contributed by atoms with Crippen molar-refractivity contribution >= 4 is 17.9 Å². The highest BCUT2D eigenvalue weighted by molar-refractivity contribution is 5.90. The average Bonchev–Trinajstić information content (AvgIpc) is 2.90. The first kappa shape index (κ1) is 21.2. The number of esters is 3. The summed E-state index contributed by atoms with van der Waals surface area (Å²) >= 11 is 0. The second-order valence-electron chi connectivity index (χ2n) is 8.59. The monoisotopic (exact) mass is 378 g/mol. The maximum Gasteiger partial charge on any atom is 0.351 e. The molecule has 0 radical (unpaired) electrons. The SMILES string of the molecule is C=C(C)C(=O)OCC(OC(=O)C(=C)C)C(=O)O[C@@H]1C[C@@H]2CC[C@]1(C)C2(C)C. The van der Waals surface area contributed by atoms with Crippen LogP contribution in [-0.2, 0) is 28.6 Å². The number of hydrogen-bond donors (Lipinski definition) is 0. The summed E-state index contributed by atoms with van der Waals surface area (Å²) in [7, 11) is 0. The van der Waals surface area contributed by atoms with E-state index in [0.717, 1.165) is 19.3 Å². The highest BCUT2D eigenvalue weighted by atomic mass is 16.6. The third-order valence-electron chi connectivity index (χ3n) is 6.55. The zero-order valence-electron chi connectivity index (χ0n) is 16.9. The fourth-order valence-electron chi connectivity index (χ4n) is 4.18. The molecule has 0 amide bonds. The zero-order chi connectivity index (χ0) is 20.6. The third kappa shape index (κ3) is 3.94. The van der Waals surface area contributed by atoms with Crippen molar-refractivity contribution in [1.29, 1.82) is 0 Å². The Hall–Kier alpha value is -2.11. The van der Waals surface area contributed by atoms with Gasteiger partial charge in [0.05, 0.1) is 0 Å². The van der Waals surface area contributed by atoms with Gasteiger partial charge in [0, 0.05) is 16.6 Å². The van der Waals surface area contributed by atoms with Crippen molar-refractivity contribution in [3.8, 4) is 0 Å². The van der Waals surface area contributed by atoms with Gasteiger partial charge in [-0.2, -0.15) is 0 Å². The third-order valence-corrected chi connectivity index (χ3v) is 6.55. The van der Waals surface area contributed by atoms with E-state index in [1.165, 1.54) is 13.8 Å². The maximum absolute atomic E-state index is 12.7. The standard InChI is InChI=1S/C21H30O6/c1-12(2)17(22)25-11-15(26-18(23)13(3)4)19(24)27-16-10-14-8-9-21(16,7)20(14,5)6/h14-16H,1,3,8-11H2,2,4-7H3/t14-,15?,16+,21-/m0/s1. The van der Waals surface area contributed by atoms with Gasteiger partial charge in [-0.1, -0.05) is 33.9 Å². The first-order valence-corrected chi connectivity index (χ1v) is 9.29. The molecule has 2 rings (SSSR count). The van der Waals surface area contributed by atoms with Crippen LogP contribution in [0.15, 0.2) is 24.3 Å². The molecule has 0 aromatic heterocycles. The van der Waals surface area contributed by atoms with Crippen LogP contribution in [0.2, 0.25) is 0 Å². The average molecular weight is 378 g/mol. The summed E-state index contributed by atoms with van der Waals surface area (Å²) in [5.41, 5.74) is 0.293. The molecular formula is C21H30O6. The Labute approximate surface area is 160 Å². The summed E-state index contributed by atoms with van der Waals surface area (Å²) in [6.07, 6.45) is 1.33. The second kappa shape index (κ2) is 7.49. The summed E-state index contributed by atoms with van der Waals surface area (Å²) in [6.45, 7) is 16.1. The van der Waals surface area contributed by atoms with Crippen LogP contribution in [0.4, 0.5) is 0 Å². The van der Waals surface area contributed by atoms with Gasteiger partial charge in [0.2, 0.25) is 6.10 Å². The van der Waals surface area contributed by atoms with E-state index in [0.29, 0.717) is 5.92 Å². The predicted molar refractivity (Wildman–Crippen MR) is 99.6 cm³/mol. The molecule has 2 fully saturated rings. The van der Waals surface area contributed by atoms with Crippen LogP contribution in [0.5, 0.6) is 0 Å². The van der Waals surface area contributed by atoms with Crippen LogP contribution in [0.25, 0.3) is 0 Å². The fraction of sp³-hybridized carbons (Fsp3) is 0.667. The lowest BCUT2D eigenvalue weighted by Gasteiger charge is -2.38. The van der Waals surface area contributed by atoms with Crippen molar-refractivity contribution in [3.05, 3.63) is 24.3 Å². The molecule has 0 N–H and O–H groups in total. The molecule has 0 aromatic carbocycles. The van der Waals surface area contributed by atoms with Gasteiger partial charge in [-0.3, -0.25) is 0 Å².